The molecule has 3 heteroatoms. The largest absolute Gasteiger partial charge is 0.350 e. The van der Waals surface area contributed by atoms with E-state index in [4.69, 9.17) is 5.73 Å². The fraction of sp³-hybridized carbons (Fsp3) is 0.278. The van der Waals surface area contributed by atoms with Gasteiger partial charge >= 0.3 is 0 Å². The van der Waals surface area contributed by atoms with Crippen LogP contribution in [-0.4, -0.2) is 5.91 Å². The van der Waals surface area contributed by atoms with Crippen LogP contribution in [0, 0.1) is 20.8 Å². The Morgan fingerprint density at radius 3 is 2.24 bits per heavy atom. The van der Waals surface area contributed by atoms with Crippen LogP contribution in [0.2, 0.25) is 0 Å². The van der Waals surface area contributed by atoms with Gasteiger partial charge in [-0.25, -0.2) is 0 Å². The first-order chi connectivity index (χ1) is 9.99. The van der Waals surface area contributed by atoms with E-state index < -0.39 is 6.04 Å². The fourth-order valence-corrected chi connectivity index (χ4v) is 2.59. The van der Waals surface area contributed by atoms with E-state index in [1.165, 1.54) is 16.7 Å². The summed E-state index contributed by atoms with van der Waals surface area (Å²) in [4.78, 5) is 12.2. The topological polar surface area (TPSA) is 55.1 Å². The third-order valence-corrected chi connectivity index (χ3v) is 3.72. The van der Waals surface area contributed by atoms with E-state index in [0.29, 0.717) is 6.54 Å². The molecule has 110 valence electrons. The zero-order valence-electron chi connectivity index (χ0n) is 12.8. The number of nitrogens with one attached hydrogen (secondary N) is 1. The Balaban J connectivity index is 2.05. The van der Waals surface area contributed by atoms with Gasteiger partial charge in [0.05, 0.1) is 0 Å². The van der Waals surface area contributed by atoms with Crippen LogP contribution in [0.4, 0.5) is 0 Å². The minimum atomic E-state index is -0.628. The molecule has 0 saturated heterocycles. The van der Waals surface area contributed by atoms with E-state index in [-0.39, 0.29) is 5.91 Å². The Morgan fingerprint density at radius 2 is 1.67 bits per heavy atom. The van der Waals surface area contributed by atoms with Gasteiger partial charge in [-0.2, -0.15) is 0 Å². The minimum Gasteiger partial charge on any atom is -0.350 e. The zero-order valence-corrected chi connectivity index (χ0v) is 12.8. The first-order valence-electron chi connectivity index (χ1n) is 7.14. The van der Waals surface area contributed by atoms with E-state index in [9.17, 15) is 4.79 Å². The number of carbonyl (C=O) groups excluding carboxylic acids is 1. The maximum Gasteiger partial charge on any atom is 0.241 e. The summed E-state index contributed by atoms with van der Waals surface area (Å²) < 4.78 is 0. The maximum absolute atomic E-state index is 12.2. The molecule has 2 aromatic rings. The molecule has 0 saturated carbocycles. The van der Waals surface area contributed by atoms with Gasteiger partial charge in [-0.3, -0.25) is 4.79 Å². The molecule has 1 atom stereocenters. The monoisotopic (exact) mass is 282 g/mol. The molecule has 0 spiro atoms. The molecule has 3 nitrogen and oxygen atoms in total. The van der Waals surface area contributed by atoms with Crippen LogP contribution in [0.3, 0.4) is 0 Å². The molecule has 0 aliphatic carbocycles. The van der Waals surface area contributed by atoms with Crippen LogP contribution in [0.1, 0.15) is 33.9 Å². The first kappa shape index (κ1) is 15.3. The number of benzene rings is 2. The Hall–Kier alpha value is -2.13. The van der Waals surface area contributed by atoms with Crippen LogP contribution in [0.25, 0.3) is 0 Å². The molecule has 0 aromatic heterocycles. The van der Waals surface area contributed by atoms with Crippen molar-refractivity contribution in [3.05, 3.63) is 70.3 Å². The Labute approximate surface area is 126 Å². The summed E-state index contributed by atoms with van der Waals surface area (Å²) >= 11 is 0. The average molecular weight is 282 g/mol. The van der Waals surface area contributed by atoms with Gasteiger partial charge in [-0.1, -0.05) is 48.0 Å². The lowest BCUT2D eigenvalue weighted by molar-refractivity contribution is -0.122. The summed E-state index contributed by atoms with van der Waals surface area (Å²) in [5, 5.41) is 2.93. The summed E-state index contributed by atoms with van der Waals surface area (Å²) in [7, 11) is 0. The Morgan fingerprint density at radius 1 is 1.10 bits per heavy atom. The lowest BCUT2D eigenvalue weighted by atomic mass is 9.99. The molecule has 1 amide bonds. The van der Waals surface area contributed by atoms with Gasteiger partial charge in [0, 0.05) is 6.54 Å². The quantitative estimate of drug-likeness (QED) is 0.906. The summed E-state index contributed by atoms with van der Waals surface area (Å²) in [6.45, 7) is 6.72. The lowest BCUT2D eigenvalue weighted by Gasteiger charge is -2.15. The number of hydrogen-bond donors (Lipinski definition) is 2. The second kappa shape index (κ2) is 6.55. The van der Waals surface area contributed by atoms with Crippen LogP contribution >= 0.6 is 0 Å². The number of nitrogens with two attached hydrogens (primary N) is 1. The number of rotatable bonds is 4. The van der Waals surface area contributed by atoms with E-state index in [1.807, 2.05) is 30.3 Å². The molecule has 0 aliphatic heterocycles. The van der Waals surface area contributed by atoms with E-state index in [2.05, 4.69) is 38.2 Å². The SMILES string of the molecule is Cc1cc(C)c(CNC(=O)C(N)c2ccccc2)c(C)c1. The van der Waals surface area contributed by atoms with Crippen LogP contribution in [0.5, 0.6) is 0 Å². The highest BCUT2D eigenvalue weighted by Gasteiger charge is 2.15. The maximum atomic E-state index is 12.2. The van der Waals surface area contributed by atoms with Crippen LogP contribution < -0.4 is 11.1 Å². The smallest absolute Gasteiger partial charge is 0.241 e. The van der Waals surface area contributed by atoms with Crippen molar-refractivity contribution in [2.24, 2.45) is 5.73 Å². The predicted octanol–water partition coefficient (Wildman–Crippen LogP) is 2.93. The highest BCUT2D eigenvalue weighted by molar-refractivity contribution is 5.82. The van der Waals surface area contributed by atoms with Crippen LogP contribution in [0.15, 0.2) is 42.5 Å². The molecule has 3 N–H and O–H groups in total. The zero-order chi connectivity index (χ0) is 15.4. The fourth-order valence-electron chi connectivity index (χ4n) is 2.59. The van der Waals surface area contributed by atoms with Gasteiger partial charge in [-0.05, 0) is 43.0 Å². The molecule has 21 heavy (non-hydrogen) atoms. The third-order valence-electron chi connectivity index (χ3n) is 3.72. The molecule has 0 aliphatic rings. The second-order valence-electron chi connectivity index (χ2n) is 5.48. The summed E-state index contributed by atoms with van der Waals surface area (Å²) in [6, 6.07) is 13.1. The Kier molecular flexibility index (Phi) is 4.76. The molecule has 2 aromatic carbocycles. The number of carbonyl (C=O) groups is 1. The molecule has 0 heterocycles. The highest BCUT2D eigenvalue weighted by Crippen LogP contribution is 2.16. The number of hydrogen-bond acceptors (Lipinski definition) is 2. The van der Waals surface area contributed by atoms with Crippen molar-refractivity contribution < 1.29 is 4.79 Å². The normalized spacial score (nSPS) is 12.0. The summed E-state index contributed by atoms with van der Waals surface area (Å²) in [5.41, 5.74) is 11.6. The predicted molar refractivity (Wildman–Crippen MR) is 85.9 cm³/mol. The van der Waals surface area contributed by atoms with Crippen molar-refractivity contribution in [2.45, 2.75) is 33.4 Å². The van der Waals surface area contributed by atoms with Crippen molar-refractivity contribution in [2.75, 3.05) is 0 Å². The van der Waals surface area contributed by atoms with Gasteiger partial charge in [-0.15, -0.1) is 0 Å². The molecule has 0 bridgehead atoms. The van der Waals surface area contributed by atoms with Crippen molar-refractivity contribution >= 4 is 5.91 Å². The third kappa shape index (κ3) is 3.70. The van der Waals surface area contributed by atoms with Crippen molar-refractivity contribution in [1.29, 1.82) is 0 Å². The second-order valence-corrected chi connectivity index (χ2v) is 5.48. The number of amides is 1. The van der Waals surface area contributed by atoms with Crippen molar-refractivity contribution in [3.8, 4) is 0 Å². The Bertz CT molecular complexity index is 612. The molecular formula is C18H22N2O. The van der Waals surface area contributed by atoms with Crippen LogP contribution in [-0.2, 0) is 11.3 Å². The van der Waals surface area contributed by atoms with Crippen molar-refractivity contribution in [3.63, 3.8) is 0 Å². The standard InChI is InChI=1S/C18H22N2O/c1-12-9-13(2)16(14(3)10-12)11-20-18(21)17(19)15-7-5-4-6-8-15/h4-10,17H,11,19H2,1-3H3,(H,20,21). The van der Waals surface area contributed by atoms with E-state index >= 15 is 0 Å². The highest BCUT2D eigenvalue weighted by atomic mass is 16.2. The van der Waals surface area contributed by atoms with Gasteiger partial charge in [0.15, 0.2) is 0 Å². The lowest BCUT2D eigenvalue weighted by Crippen LogP contribution is -2.34. The average Bonchev–Trinajstić information content (AvgIpc) is 2.46. The summed E-state index contributed by atoms with van der Waals surface area (Å²) in [6.07, 6.45) is 0. The van der Waals surface area contributed by atoms with Gasteiger partial charge in [0.1, 0.15) is 6.04 Å². The van der Waals surface area contributed by atoms with Gasteiger partial charge < -0.3 is 11.1 Å². The van der Waals surface area contributed by atoms with E-state index in [1.54, 1.807) is 0 Å². The number of aryl methyl sites for hydroxylation is 3. The van der Waals surface area contributed by atoms with Gasteiger partial charge in [0.25, 0.3) is 0 Å². The molecule has 1 unspecified atom stereocenters. The molecule has 2 rings (SSSR count). The van der Waals surface area contributed by atoms with Gasteiger partial charge in [0.2, 0.25) is 5.91 Å². The molecule has 0 radical (unpaired) electrons. The van der Waals surface area contributed by atoms with Crippen molar-refractivity contribution in [1.82, 2.24) is 5.32 Å². The molecular weight excluding hydrogens is 260 g/mol. The van der Waals surface area contributed by atoms with E-state index in [0.717, 1.165) is 11.1 Å². The minimum absolute atomic E-state index is 0.152. The molecule has 0 fully saturated rings. The first-order valence-corrected chi connectivity index (χ1v) is 7.14. The summed E-state index contributed by atoms with van der Waals surface area (Å²) in [5.74, 6) is -0.152.